The zero-order chi connectivity index (χ0) is 33.6. The molecular formula is C30H26F5N3O7. The Balaban J connectivity index is 0.000000838. The van der Waals surface area contributed by atoms with Crippen LogP contribution < -0.4 is 21.7 Å². The van der Waals surface area contributed by atoms with Crippen molar-refractivity contribution < 1.29 is 46.5 Å². The zero-order valence-electron chi connectivity index (χ0n) is 23.6. The number of aromatic nitrogens is 2. The van der Waals surface area contributed by atoms with Gasteiger partial charge in [-0.15, -0.1) is 0 Å². The average Bonchev–Trinajstić information content (AvgIpc) is 2.99. The minimum absolute atomic E-state index is 0.155. The summed E-state index contributed by atoms with van der Waals surface area (Å²) >= 11 is 0. The molecule has 0 saturated heterocycles. The topological polar surface area (TPSA) is 154 Å². The summed E-state index contributed by atoms with van der Waals surface area (Å²) in [6.07, 6.45) is -4.92. The van der Waals surface area contributed by atoms with Crippen molar-refractivity contribution in [2.45, 2.75) is 32.2 Å². The van der Waals surface area contributed by atoms with Crippen LogP contribution >= 0.6 is 0 Å². The van der Waals surface area contributed by atoms with Crippen LogP contribution in [0.4, 0.5) is 22.0 Å². The molecule has 1 aromatic heterocycles. The van der Waals surface area contributed by atoms with E-state index in [-0.39, 0.29) is 29.1 Å². The first-order chi connectivity index (χ1) is 21.1. The van der Waals surface area contributed by atoms with E-state index in [2.05, 4.69) is 0 Å². The largest absolute Gasteiger partial charge is 0.494 e. The number of ether oxygens (including phenoxy) is 1. The first kappa shape index (κ1) is 34.2. The number of hydrogen-bond acceptors (Lipinski definition) is 6. The van der Waals surface area contributed by atoms with Crippen molar-refractivity contribution in [2.24, 2.45) is 5.73 Å². The monoisotopic (exact) mass is 635 g/mol. The van der Waals surface area contributed by atoms with Crippen molar-refractivity contribution >= 4 is 11.9 Å². The highest BCUT2D eigenvalue weighted by molar-refractivity contribution is 6.27. The van der Waals surface area contributed by atoms with Crippen LogP contribution in [0.5, 0.6) is 5.75 Å². The summed E-state index contributed by atoms with van der Waals surface area (Å²) in [6.45, 7) is 0.0438. The Morgan fingerprint density at radius 2 is 1.51 bits per heavy atom. The van der Waals surface area contributed by atoms with Crippen molar-refractivity contribution in [3.8, 4) is 16.9 Å². The standard InChI is InChI=1S/C28H24F5N3O3.C2H2O4/c1-16-24(18-10-6-13-23(39-2)25(18)30)26(37)36(15-22(34)17-8-4-3-5-9-17)27(38)35(16)14-19-20(28(31,32)33)11-7-12-21(19)29;3-1(4)2(5)6/h3-13,22H,14-15,34H2,1-2H3;(H,3,4)(H,5,6)/t22-;/m0./s1. The summed E-state index contributed by atoms with van der Waals surface area (Å²) < 4.78 is 77.8. The predicted octanol–water partition coefficient (Wildman–Crippen LogP) is 4.19. The lowest BCUT2D eigenvalue weighted by Gasteiger charge is -2.21. The quantitative estimate of drug-likeness (QED) is 0.202. The van der Waals surface area contributed by atoms with E-state index in [0.717, 1.165) is 21.3 Å². The summed E-state index contributed by atoms with van der Waals surface area (Å²) in [5.74, 6) is -5.94. The number of benzene rings is 3. The number of carboxylic acids is 2. The SMILES string of the molecule is COc1cccc(-c2c(C)n(Cc3c(F)cccc3C(F)(F)F)c(=O)n(C[C@H](N)c3ccccc3)c2=O)c1F.O=C(O)C(=O)O. The fourth-order valence-electron chi connectivity index (χ4n) is 4.46. The van der Waals surface area contributed by atoms with E-state index < -0.39 is 64.7 Å². The molecule has 0 fully saturated rings. The van der Waals surface area contributed by atoms with Crippen molar-refractivity contribution in [3.63, 3.8) is 0 Å². The molecule has 238 valence electrons. The van der Waals surface area contributed by atoms with Gasteiger partial charge in [0, 0.05) is 22.9 Å². The maximum Gasteiger partial charge on any atom is 0.416 e. The maximum absolute atomic E-state index is 15.3. The highest BCUT2D eigenvalue weighted by Gasteiger charge is 2.35. The van der Waals surface area contributed by atoms with Crippen LogP contribution in [0.2, 0.25) is 0 Å². The van der Waals surface area contributed by atoms with Crippen molar-refractivity contribution in [3.05, 3.63) is 122 Å². The molecule has 0 aliphatic rings. The maximum atomic E-state index is 15.3. The lowest BCUT2D eigenvalue weighted by atomic mass is 10.0. The number of methoxy groups -OCH3 is 1. The lowest BCUT2D eigenvalue weighted by molar-refractivity contribution is -0.159. The molecule has 45 heavy (non-hydrogen) atoms. The van der Waals surface area contributed by atoms with Gasteiger partial charge in [0.15, 0.2) is 11.6 Å². The van der Waals surface area contributed by atoms with Gasteiger partial charge in [-0.05, 0) is 30.7 Å². The van der Waals surface area contributed by atoms with Crippen molar-refractivity contribution in [1.82, 2.24) is 9.13 Å². The Labute approximate surface area is 251 Å². The van der Waals surface area contributed by atoms with Crippen LogP contribution in [-0.2, 0) is 28.9 Å². The molecule has 0 bridgehead atoms. The second-order valence-electron chi connectivity index (χ2n) is 9.46. The van der Waals surface area contributed by atoms with Gasteiger partial charge < -0.3 is 20.7 Å². The van der Waals surface area contributed by atoms with Gasteiger partial charge in [-0.25, -0.2) is 23.2 Å². The molecule has 1 atom stereocenters. The van der Waals surface area contributed by atoms with Gasteiger partial charge in [0.1, 0.15) is 5.82 Å². The highest BCUT2D eigenvalue weighted by Crippen LogP contribution is 2.34. The molecule has 4 N–H and O–H groups in total. The van der Waals surface area contributed by atoms with Gasteiger partial charge in [-0.1, -0.05) is 48.5 Å². The normalized spacial score (nSPS) is 11.7. The van der Waals surface area contributed by atoms with E-state index in [9.17, 15) is 27.2 Å². The number of aliphatic carboxylic acids is 2. The second kappa shape index (κ2) is 14.0. The molecule has 1 heterocycles. The summed E-state index contributed by atoms with van der Waals surface area (Å²) in [5.41, 5.74) is 2.15. The van der Waals surface area contributed by atoms with Crippen LogP contribution in [0.25, 0.3) is 11.1 Å². The average molecular weight is 636 g/mol. The Hall–Kier alpha value is -5.31. The van der Waals surface area contributed by atoms with Crippen molar-refractivity contribution in [2.75, 3.05) is 7.11 Å². The van der Waals surface area contributed by atoms with Crippen LogP contribution in [0, 0.1) is 18.6 Å². The fraction of sp³-hybridized carbons (Fsp3) is 0.200. The van der Waals surface area contributed by atoms with Crippen LogP contribution in [-0.4, -0.2) is 38.4 Å². The van der Waals surface area contributed by atoms with E-state index >= 15 is 4.39 Å². The van der Waals surface area contributed by atoms with E-state index in [1.807, 2.05) is 0 Å². The molecule has 4 aromatic rings. The molecule has 10 nitrogen and oxygen atoms in total. The smallest absolute Gasteiger partial charge is 0.416 e. The molecule has 3 aromatic carbocycles. The molecule has 0 spiro atoms. The predicted molar refractivity (Wildman–Crippen MR) is 151 cm³/mol. The minimum atomic E-state index is -4.92. The minimum Gasteiger partial charge on any atom is -0.494 e. The molecule has 0 unspecified atom stereocenters. The number of rotatable bonds is 7. The summed E-state index contributed by atoms with van der Waals surface area (Å²) in [7, 11) is 1.23. The first-order valence-electron chi connectivity index (χ1n) is 12.9. The third-order valence-electron chi connectivity index (χ3n) is 6.67. The summed E-state index contributed by atoms with van der Waals surface area (Å²) in [5, 5.41) is 14.8. The molecule has 15 heteroatoms. The molecular weight excluding hydrogens is 609 g/mol. The number of alkyl halides is 3. The molecule has 4 rings (SSSR count). The second-order valence-corrected chi connectivity index (χ2v) is 9.46. The zero-order valence-corrected chi connectivity index (χ0v) is 23.6. The van der Waals surface area contributed by atoms with Crippen molar-refractivity contribution in [1.29, 1.82) is 0 Å². The Bertz CT molecular complexity index is 1830. The Kier molecular flexibility index (Phi) is 10.6. The van der Waals surface area contributed by atoms with Crippen LogP contribution in [0.15, 0.2) is 76.3 Å². The number of carboxylic acid groups (broad SMARTS) is 2. The van der Waals surface area contributed by atoms with E-state index in [1.165, 1.54) is 32.2 Å². The Morgan fingerprint density at radius 1 is 0.911 bits per heavy atom. The molecule has 0 radical (unpaired) electrons. The number of hydrogen-bond donors (Lipinski definition) is 3. The number of halogens is 5. The summed E-state index contributed by atoms with van der Waals surface area (Å²) in [4.78, 5) is 45.5. The molecule has 0 saturated carbocycles. The Morgan fingerprint density at radius 3 is 2.07 bits per heavy atom. The number of nitrogens with zero attached hydrogens (tertiary/aromatic N) is 2. The van der Waals surface area contributed by atoms with Gasteiger partial charge in [-0.3, -0.25) is 13.9 Å². The van der Waals surface area contributed by atoms with Gasteiger partial charge in [0.25, 0.3) is 5.56 Å². The number of nitrogens with two attached hydrogens (primary N) is 1. The molecule has 0 aliphatic heterocycles. The van der Waals surface area contributed by atoms with E-state index in [4.69, 9.17) is 30.3 Å². The summed E-state index contributed by atoms with van der Waals surface area (Å²) in [6, 6.07) is 14.1. The third-order valence-corrected chi connectivity index (χ3v) is 6.67. The van der Waals surface area contributed by atoms with E-state index in [1.54, 1.807) is 30.3 Å². The lowest BCUT2D eigenvalue weighted by Crippen LogP contribution is -2.44. The number of carbonyl (C=O) groups is 2. The fourth-order valence-corrected chi connectivity index (χ4v) is 4.46. The van der Waals surface area contributed by atoms with Gasteiger partial charge in [0.05, 0.1) is 31.3 Å². The van der Waals surface area contributed by atoms with Gasteiger partial charge >= 0.3 is 23.8 Å². The van der Waals surface area contributed by atoms with Crippen LogP contribution in [0.1, 0.15) is 28.4 Å². The van der Waals surface area contributed by atoms with E-state index in [0.29, 0.717) is 11.6 Å². The van der Waals surface area contributed by atoms with Gasteiger partial charge in [0.2, 0.25) is 0 Å². The third kappa shape index (κ3) is 7.62. The van der Waals surface area contributed by atoms with Crippen LogP contribution in [0.3, 0.4) is 0 Å². The molecule has 0 aliphatic carbocycles. The highest BCUT2D eigenvalue weighted by atomic mass is 19.4. The molecule has 0 amide bonds. The first-order valence-corrected chi connectivity index (χ1v) is 12.9. The van der Waals surface area contributed by atoms with Gasteiger partial charge in [-0.2, -0.15) is 13.2 Å².